The Hall–Kier alpha value is -1.88. The molecule has 0 aromatic heterocycles. The zero-order chi connectivity index (χ0) is 16.1. The molecule has 1 aromatic carbocycles. The Morgan fingerprint density at radius 3 is 2.18 bits per heavy atom. The molecule has 5 nitrogen and oxygen atoms in total. The first-order valence-corrected chi connectivity index (χ1v) is 7.69. The van der Waals surface area contributed by atoms with Gasteiger partial charge in [0.15, 0.2) is 0 Å². The van der Waals surface area contributed by atoms with Crippen molar-refractivity contribution in [3.8, 4) is 0 Å². The number of hydrogen-bond donors (Lipinski definition) is 0. The predicted octanol–water partition coefficient (Wildman–Crippen LogP) is 1.74. The highest BCUT2D eigenvalue weighted by Crippen LogP contribution is 2.16. The van der Waals surface area contributed by atoms with Gasteiger partial charge in [0.05, 0.1) is 13.7 Å². The summed E-state index contributed by atoms with van der Waals surface area (Å²) in [6.07, 6.45) is 0. The Kier molecular flexibility index (Phi) is 5.55. The van der Waals surface area contributed by atoms with E-state index in [-0.39, 0.29) is 11.9 Å². The van der Waals surface area contributed by atoms with Crippen molar-refractivity contribution < 1.29 is 14.3 Å². The molecule has 0 atom stereocenters. The van der Waals surface area contributed by atoms with E-state index in [2.05, 4.69) is 18.6 Å². The molecule has 5 heteroatoms. The zero-order valence-electron chi connectivity index (χ0n) is 13.5. The lowest BCUT2D eigenvalue weighted by atomic mass is 10.0. The van der Waals surface area contributed by atoms with Crippen molar-refractivity contribution >= 4 is 11.9 Å². The Morgan fingerprint density at radius 1 is 1.09 bits per heavy atom. The third-order valence-electron chi connectivity index (χ3n) is 4.06. The number of nitrogens with zero attached hydrogens (tertiary/aromatic N) is 2. The van der Waals surface area contributed by atoms with Crippen LogP contribution in [0.5, 0.6) is 0 Å². The summed E-state index contributed by atoms with van der Waals surface area (Å²) in [6, 6.07) is 7.84. The monoisotopic (exact) mass is 304 g/mol. The fraction of sp³-hybridized carbons (Fsp3) is 0.529. The van der Waals surface area contributed by atoms with Crippen LogP contribution in [0.1, 0.15) is 35.7 Å². The summed E-state index contributed by atoms with van der Waals surface area (Å²) in [4.78, 5) is 27.6. The Morgan fingerprint density at radius 2 is 1.68 bits per heavy atom. The highest BCUT2D eigenvalue weighted by molar-refractivity contribution is 5.94. The lowest BCUT2D eigenvalue weighted by molar-refractivity contribution is -0.142. The summed E-state index contributed by atoms with van der Waals surface area (Å²) < 4.78 is 4.67. The number of benzene rings is 1. The van der Waals surface area contributed by atoms with Crippen molar-refractivity contribution in [3.05, 3.63) is 35.4 Å². The van der Waals surface area contributed by atoms with E-state index in [9.17, 15) is 9.59 Å². The lowest BCUT2D eigenvalue weighted by Crippen LogP contribution is -2.50. The minimum Gasteiger partial charge on any atom is -0.468 e. The average Bonchev–Trinajstić information content (AvgIpc) is 2.55. The molecular formula is C17H24N2O3. The van der Waals surface area contributed by atoms with E-state index < -0.39 is 0 Å². The van der Waals surface area contributed by atoms with Crippen LogP contribution >= 0.6 is 0 Å². The number of amides is 1. The van der Waals surface area contributed by atoms with Gasteiger partial charge in [-0.05, 0) is 23.6 Å². The Bertz CT molecular complexity index is 517. The van der Waals surface area contributed by atoms with Gasteiger partial charge in [0, 0.05) is 31.7 Å². The van der Waals surface area contributed by atoms with E-state index in [1.54, 1.807) is 0 Å². The largest absolute Gasteiger partial charge is 0.468 e. The Balaban J connectivity index is 1.90. The minimum atomic E-state index is -0.232. The van der Waals surface area contributed by atoms with E-state index in [1.807, 2.05) is 34.1 Å². The summed E-state index contributed by atoms with van der Waals surface area (Å²) in [5.41, 5.74) is 1.96. The molecule has 0 bridgehead atoms. The number of rotatable bonds is 4. The van der Waals surface area contributed by atoms with Crippen LogP contribution < -0.4 is 0 Å². The number of hydrogen-bond acceptors (Lipinski definition) is 4. The van der Waals surface area contributed by atoms with Crippen molar-refractivity contribution in [1.29, 1.82) is 0 Å². The second-order valence-electron chi connectivity index (χ2n) is 5.92. The van der Waals surface area contributed by atoms with Crippen LogP contribution in [-0.2, 0) is 9.53 Å². The molecule has 1 saturated heterocycles. The summed E-state index contributed by atoms with van der Waals surface area (Å²) in [5, 5.41) is 0. The third kappa shape index (κ3) is 4.07. The summed E-state index contributed by atoms with van der Waals surface area (Å²) in [6.45, 7) is 7.25. The molecule has 0 unspecified atom stereocenters. The quantitative estimate of drug-likeness (QED) is 0.795. The number of carbonyl (C=O) groups excluding carboxylic acids is 2. The first-order valence-electron chi connectivity index (χ1n) is 7.69. The Labute approximate surface area is 131 Å². The van der Waals surface area contributed by atoms with Crippen molar-refractivity contribution in [3.63, 3.8) is 0 Å². The van der Waals surface area contributed by atoms with Gasteiger partial charge in [-0.3, -0.25) is 14.5 Å². The van der Waals surface area contributed by atoms with Gasteiger partial charge in [0.25, 0.3) is 5.91 Å². The van der Waals surface area contributed by atoms with E-state index in [1.165, 1.54) is 12.7 Å². The maximum absolute atomic E-state index is 12.5. The van der Waals surface area contributed by atoms with Gasteiger partial charge in [-0.2, -0.15) is 0 Å². The fourth-order valence-corrected chi connectivity index (χ4v) is 2.55. The first kappa shape index (κ1) is 16.5. The maximum atomic E-state index is 12.5. The van der Waals surface area contributed by atoms with Crippen LogP contribution in [0, 0.1) is 0 Å². The second-order valence-corrected chi connectivity index (χ2v) is 5.92. The third-order valence-corrected chi connectivity index (χ3v) is 4.06. The molecule has 1 aromatic rings. The molecule has 1 aliphatic rings. The molecular weight excluding hydrogens is 280 g/mol. The second kappa shape index (κ2) is 7.40. The van der Waals surface area contributed by atoms with Crippen LogP contribution in [0.3, 0.4) is 0 Å². The molecule has 1 fully saturated rings. The molecule has 0 spiro atoms. The maximum Gasteiger partial charge on any atom is 0.319 e. The lowest BCUT2D eigenvalue weighted by Gasteiger charge is -2.34. The van der Waals surface area contributed by atoms with E-state index in [0.29, 0.717) is 38.6 Å². The number of piperazine rings is 1. The first-order chi connectivity index (χ1) is 10.5. The molecule has 1 amide bonds. The van der Waals surface area contributed by atoms with Crippen molar-refractivity contribution in [2.75, 3.05) is 39.8 Å². The van der Waals surface area contributed by atoms with Crippen LogP contribution in [0.25, 0.3) is 0 Å². The molecule has 2 rings (SSSR count). The topological polar surface area (TPSA) is 49.9 Å². The van der Waals surface area contributed by atoms with Crippen molar-refractivity contribution in [2.45, 2.75) is 19.8 Å². The molecule has 1 aliphatic heterocycles. The van der Waals surface area contributed by atoms with Crippen molar-refractivity contribution in [1.82, 2.24) is 9.80 Å². The van der Waals surface area contributed by atoms with E-state index in [0.717, 1.165) is 5.56 Å². The number of ether oxygens (including phenoxy) is 1. The van der Waals surface area contributed by atoms with Crippen LogP contribution in [0.15, 0.2) is 24.3 Å². The average molecular weight is 304 g/mol. The number of carbonyl (C=O) groups is 2. The summed E-state index contributed by atoms with van der Waals surface area (Å²) in [7, 11) is 1.39. The molecule has 22 heavy (non-hydrogen) atoms. The highest BCUT2D eigenvalue weighted by atomic mass is 16.5. The van der Waals surface area contributed by atoms with Crippen LogP contribution in [-0.4, -0.2) is 61.5 Å². The SMILES string of the molecule is COC(=O)CN1CCN(C(=O)c2ccc(C(C)C)cc2)CC1. The minimum absolute atomic E-state index is 0.0630. The molecule has 0 radical (unpaired) electrons. The molecule has 0 N–H and O–H groups in total. The number of methoxy groups -OCH3 is 1. The molecule has 120 valence electrons. The fourth-order valence-electron chi connectivity index (χ4n) is 2.55. The summed E-state index contributed by atoms with van der Waals surface area (Å²) >= 11 is 0. The summed E-state index contributed by atoms with van der Waals surface area (Å²) in [5.74, 6) is 0.295. The van der Waals surface area contributed by atoms with Crippen LogP contribution in [0.2, 0.25) is 0 Å². The van der Waals surface area contributed by atoms with E-state index >= 15 is 0 Å². The van der Waals surface area contributed by atoms with Crippen molar-refractivity contribution in [2.24, 2.45) is 0 Å². The predicted molar refractivity (Wildman–Crippen MR) is 84.9 cm³/mol. The smallest absolute Gasteiger partial charge is 0.319 e. The van der Waals surface area contributed by atoms with Gasteiger partial charge in [-0.25, -0.2) is 0 Å². The van der Waals surface area contributed by atoms with Gasteiger partial charge in [-0.15, -0.1) is 0 Å². The molecule has 0 aliphatic carbocycles. The molecule has 1 heterocycles. The van der Waals surface area contributed by atoms with Gasteiger partial charge in [0.1, 0.15) is 0 Å². The van der Waals surface area contributed by atoms with Gasteiger partial charge in [0.2, 0.25) is 0 Å². The standard InChI is InChI=1S/C17H24N2O3/c1-13(2)14-4-6-15(7-5-14)17(21)19-10-8-18(9-11-19)12-16(20)22-3/h4-7,13H,8-12H2,1-3H3. The van der Waals surface area contributed by atoms with Crippen LogP contribution in [0.4, 0.5) is 0 Å². The zero-order valence-corrected chi connectivity index (χ0v) is 13.5. The van der Waals surface area contributed by atoms with Gasteiger partial charge in [-0.1, -0.05) is 26.0 Å². The number of esters is 1. The van der Waals surface area contributed by atoms with Gasteiger partial charge >= 0.3 is 5.97 Å². The highest BCUT2D eigenvalue weighted by Gasteiger charge is 2.23. The van der Waals surface area contributed by atoms with E-state index in [4.69, 9.17) is 0 Å². The van der Waals surface area contributed by atoms with Gasteiger partial charge < -0.3 is 9.64 Å². The molecule has 0 saturated carbocycles. The normalized spacial score (nSPS) is 15.9.